The Morgan fingerprint density at radius 3 is 3.13 bits per heavy atom. The third-order valence-electron chi connectivity index (χ3n) is 4.06. The molecule has 1 aliphatic heterocycles. The van der Waals surface area contributed by atoms with Crippen LogP contribution in [0.1, 0.15) is 34.7 Å². The minimum absolute atomic E-state index is 0.0619. The third kappa shape index (κ3) is 3.59. The monoisotopic (exact) mass is 318 g/mol. The lowest BCUT2D eigenvalue weighted by atomic mass is 10.0. The normalized spacial score (nSPS) is 17.7. The Morgan fingerprint density at radius 1 is 1.48 bits per heavy atom. The maximum atomic E-state index is 13.3. The van der Waals surface area contributed by atoms with E-state index in [1.165, 1.54) is 12.1 Å². The summed E-state index contributed by atoms with van der Waals surface area (Å²) in [5, 5.41) is 3.83. The molecule has 1 amide bonds. The van der Waals surface area contributed by atoms with Crippen molar-refractivity contribution in [1.29, 1.82) is 0 Å². The summed E-state index contributed by atoms with van der Waals surface area (Å²) < 4.78 is 23.4. The van der Waals surface area contributed by atoms with E-state index in [9.17, 15) is 9.18 Å². The molecule has 6 heteroatoms. The zero-order valence-corrected chi connectivity index (χ0v) is 13.0. The molecule has 2 heterocycles. The van der Waals surface area contributed by atoms with E-state index in [1.807, 2.05) is 6.07 Å². The molecule has 0 aliphatic carbocycles. The van der Waals surface area contributed by atoms with Crippen LogP contribution >= 0.6 is 0 Å². The van der Waals surface area contributed by atoms with Crippen LogP contribution in [0.3, 0.4) is 0 Å². The summed E-state index contributed by atoms with van der Waals surface area (Å²) in [6, 6.07) is 8.20. The van der Waals surface area contributed by atoms with Crippen molar-refractivity contribution in [3.05, 3.63) is 53.2 Å². The Bertz CT molecular complexity index is 686. The van der Waals surface area contributed by atoms with Gasteiger partial charge >= 0.3 is 0 Å². The van der Waals surface area contributed by atoms with Crippen molar-refractivity contribution < 1.29 is 18.4 Å². The second kappa shape index (κ2) is 6.91. The number of amides is 1. The minimum Gasteiger partial charge on any atom is -0.377 e. The number of likely N-dealkylation sites (tertiary alicyclic amines) is 1. The first-order chi connectivity index (χ1) is 11.2. The van der Waals surface area contributed by atoms with Crippen molar-refractivity contribution in [3.63, 3.8) is 0 Å². The van der Waals surface area contributed by atoms with E-state index in [0.717, 1.165) is 18.4 Å². The van der Waals surface area contributed by atoms with Crippen LogP contribution in [0.5, 0.6) is 0 Å². The number of carbonyl (C=O) groups is 1. The summed E-state index contributed by atoms with van der Waals surface area (Å²) in [6.07, 6.45) is 2.49. The molecule has 0 radical (unpaired) electrons. The molecule has 5 nitrogen and oxygen atoms in total. The molecule has 23 heavy (non-hydrogen) atoms. The first-order valence-corrected chi connectivity index (χ1v) is 7.67. The zero-order valence-electron chi connectivity index (χ0n) is 13.0. The van der Waals surface area contributed by atoms with Crippen molar-refractivity contribution in [2.45, 2.75) is 31.9 Å². The predicted molar refractivity (Wildman–Crippen MR) is 81.4 cm³/mol. The van der Waals surface area contributed by atoms with Gasteiger partial charge in [0.05, 0.1) is 0 Å². The van der Waals surface area contributed by atoms with Gasteiger partial charge in [0.25, 0.3) is 5.91 Å². The molecule has 2 aromatic rings. The van der Waals surface area contributed by atoms with E-state index in [2.05, 4.69) is 5.16 Å². The Morgan fingerprint density at radius 2 is 2.35 bits per heavy atom. The van der Waals surface area contributed by atoms with E-state index < -0.39 is 0 Å². The summed E-state index contributed by atoms with van der Waals surface area (Å²) >= 11 is 0. The average Bonchev–Trinajstić information content (AvgIpc) is 3.16. The van der Waals surface area contributed by atoms with E-state index >= 15 is 0 Å². The van der Waals surface area contributed by atoms with E-state index in [1.54, 1.807) is 24.1 Å². The van der Waals surface area contributed by atoms with Gasteiger partial charge in [0.15, 0.2) is 11.5 Å². The third-order valence-corrected chi connectivity index (χ3v) is 4.06. The lowest BCUT2D eigenvalue weighted by Gasteiger charge is -2.23. The molecule has 1 unspecified atom stereocenters. The highest BCUT2D eigenvalue weighted by Gasteiger charge is 2.31. The van der Waals surface area contributed by atoms with Crippen LogP contribution < -0.4 is 0 Å². The number of halogens is 1. The lowest BCUT2D eigenvalue weighted by molar-refractivity contribution is 0.0725. The van der Waals surface area contributed by atoms with Crippen LogP contribution in [-0.4, -0.2) is 35.7 Å². The first-order valence-electron chi connectivity index (χ1n) is 7.67. The number of hydrogen-bond donors (Lipinski definition) is 0. The molecule has 1 fully saturated rings. The standard InChI is InChI=1S/C17H19FN2O3/c1-22-11-15-10-16(19-23-15)17(21)20-7-3-6-14(20)9-12-4-2-5-13(18)8-12/h2,4-5,8,10,14H,3,6-7,9,11H2,1H3. The van der Waals surface area contributed by atoms with Gasteiger partial charge in [-0.15, -0.1) is 0 Å². The van der Waals surface area contributed by atoms with Crippen molar-refractivity contribution in [2.24, 2.45) is 0 Å². The van der Waals surface area contributed by atoms with E-state index in [4.69, 9.17) is 9.26 Å². The lowest BCUT2D eigenvalue weighted by Crippen LogP contribution is -2.37. The molecule has 3 rings (SSSR count). The molecule has 0 bridgehead atoms. The Hall–Kier alpha value is -2.21. The number of carbonyl (C=O) groups excluding carboxylic acids is 1. The predicted octanol–water partition coefficient (Wildman–Crippen LogP) is 2.81. The second-order valence-electron chi connectivity index (χ2n) is 5.74. The SMILES string of the molecule is COCc1cc(C(=O)N2CCCC2Cc2cccc(F)c2)no1. The Labute approximate surface area is 134 Å². The fraction of sp³-hybridized carbons (Fsp3) is 0.412. The van der Waals surface area contributed by atoms with Crippen molar-refractivity contribution in [3.8, 4) is 0 Å². The van der Waals surface area contributed by atoms with Gasteiger partial charge in [-0.1, -0.05) is 17.3 Å². The van der Waals surface area contributed by atoms with Crippen LogP contribution in [0.4, 0.5) is 4.39 Å². The van der Waals surface area contributed by atoms with Gasteiger partial charge in [-0.3, -0.25) is 4.79 Å². The quantitative estimate of drug-likeness (QED) is 0.850. The Kier molecular flexibility index (Phi) is 4.71. The largest absolute Gasteiger partial charge is 0.377 e. The number of rotatable bonds is 5. The number of nitrogens with zero attached hydrogens (tertiary/aromatic N) is 2. The maximum Gasteiger partial charge on any atom is 0.276 e. The topological polar surface area (TPSA) is 55.6 Å². The van der Waals surface area contributed by atoms with Gasteiger partial charge in [0, 0.05) is 25.8 Å². The number of methoxy groups -OCH3 is 1. The highest BCUT2D eigenvalue weighted by Crippen LogP contribution is 2.23. The molecule has 1 aromatic carbocycles. The van der Waals surface area contributed by atoms with E-state index in [0.29, 0.717) is 24.4 Å². The fourth-order valence-corrected chi connectivity index (χ4v) is 3.02. The van der Waals surface area contributed by atoms with Gasteiger partial charge in [0.1, 0.15) is 12.4 Å². The van der Waals surface area contributed by atoms with Gasteiger partial charge in [-0.05, 0) is 37.0 Å². The van der Waals surface area contributed by atoms with Crippen LogP contribution in [0.15, 0.2) is 34.9 Å². The molecular weight excluding hydrogens is 299 g/mol. The maximum absolute atomic E-state index is 13.3. The van der Waals surface area contributed by atoms with Gasteiger partial charge in [0.2, 0.25) is 0 Å². The fourth-order valence-electron chi connectivity index (χ4n) is 3.02. The number of ether oxygens (including phenoxy) is 1. The molecular formula is C17H19FN2O3. The molecule has 1 saturated heterocycles. The highest BCUT2D eigenvalue weighted by atomic mass is 19.1. The minimum atomic E-state index is -0.251. The summed E-state index contributed by atoms with van der Waals surface area (Å²) in [7, 11) is 1.56. The van der Waals surface area contributed by atoms with Gasteiger partial charge < -0.3 is 14.2 Å². The molecule has 0 saturated carbocycles. The molecule has 122 valence electrons. The van der Waals surface area contributed by atoms with Crippen LogP contribution in [-0.2, 0) is 17.8 Å². The Balaban J connectivity index is 1.71. The average molecular weight is 318 g/mol. The summed E-state index contributed by atoms with van der Waals surface area (Å²) in [6.45, 7) is 0.971. The summed E-state index contributed by atoms with van der Waals surface area (Å²) in [5.74, 6) is 0.130. The summed E-state index contributed by atoms with van der Waals surface area (Å²) in [5.41, 5.74) is 1.19. The van der Waals surface area contributed by atoms with Crippen LogP contribution in [0.2, 0.25) is 0 Å². The molecule has 1 atom stereocenters. The zero-order chi connectivity index (χ0) is 16.2. The smallest absolute Gasteiger partial charge is 0.276 e. The van der Waals surface area contributed by atoms with Crippen molar-refractivity contribution in [1.82, 2.24) is 10.1 Å². The number of benzene rings is 1. The number of aromatic nitrogens is 1. The summed E-state index contributed by atoms with van der Waals surface area (Å²) in [4.78, 5) is 14.4. The number of hydrogen-bond acceptors (Lipinski definition) is 4. The molecule has 1 aromatic heterocycles. The molecule has 1 aliphatic rings. The first kappa shape index (κ1) is 15.7. The van der Waals surface area contributed by atoms with Crippen LogP contribution in [0.25, 0.3) is 0 Å². The van der Waals surface area contributed by atoms with Crippen LogP contribution in [0, 0.1) is 5.82 Å². The highest BCUT2D eigenvalue weighted by molar-refractivity contribution is 5.92. The molecule has 0 N–H and O–H groups in total. The van der Waals surface area contributed by atoms with E-state index in [-0.39, 0.29) is 24.4 Å². The van der Waals surface area contributed by atoms with Crippen molar-refractivity contribution >= 4 is 5.91 Å². The van der Waals surface area contributed by atoms with Gasteiger partial charge in [-0.2, -0.15) is 0 Å². The van der Waals surface area contributed by atoms with Gasteiger partial charge in [-0.25, -0.2) is 4.39 Å². The molecule has 0 spiro atoms. The van der Waals surface area contributed by atoms with Crippen molar-refractivity contribution in [2.75, 3.05) is 13.7 Å². The second-order valence-corrected chi connectivity index (χ2v) is 5.74.